The van der Waals surface area contributed by atoms with Crippen molar-refractivity contribution in [3.05, 3.63) is 62.2 Å². The van der Waals surface area contributed by atoms with Crippen molar-refractivity contribution in [3.63, 3.8) is 0 Å². The highest BCUT2D eigenvalue weighted by Gasteiger charge is 2.18. The molecule has 4 rings (SSSR count). The molecule has 1 N–H and O–H groups in total. The molecule has 1 aliphatic carbocycles. The van der Waals surface area contributed by atoms with Gasteiger partial charge in [-0.1, -0.05) is 52.0 Å². The van der Waals surface area contributed by atoms with E-state index >= 15 is 0 Å². The minimum atomic E-state index is -0.650. The van der Waals surface area contributed by atoms with Crippen LogP contribution >= 0.6 is 15.9 Å². The number of hydrogen-bond donors (Lipinski definition) is 1. The monoisotopic (exact) mass is 527 g/mol. The number of ether oxygens (including phenoxy) is 1. The molecule has 34 heavy (non-hydrogen) atoms. The SMILES string of the molecule is CC.COc1ccc(CNc2cc(CC3CCCCC3)nc3c(Br)cnn23)c(C(=O)N=[N+]=[N-])c1. The molecule has 1 saturated carbocycles. The Morgan fingerprint density at radius 3 is 2.76 bits per heavy atom. The van der Waals surface area contributed by atoms with Gasteiger partial charge in [-0.15, -0.1) is 0 Å². The normalized spacial score (nSPS) is 13.5. The fraction of sp³-hybridized carbons (Fsp3) is 0.458. The van der Waals surface area contributed by atoms with E-state index < -0.39 is 5.91 Å². The number of amides is 1. The number of rotatable bonds is 7. The van der Waals surface area contributed by atoms with Gasteiger partial charge < -0.3 is 10.1 Å². The summed E-state index contributed by atoms with van der Waals surface area (Å²) in [5.41, 5.74) is 11.4. The Bertz CT molecular complexity index is 1180. The van der Waals surface area contributed by atoms with E-state index in [-0.39, 0.29) is 0 Å². The second-order valence-electron chi connectivity index (χ2n) is 7.94. The fourth-order valence-corrected chi connectivity index (χ4v) is 4.57. The molecule has 1 fully saturated rings. The van der Waals surface area contributed by atoms with Crippen LogP contribution < -0.4 is 10.1 Å². The molecule has 1 aliphatic rings. The first-order valence-electron chi connectivity index (χ1n) is 11.6. The molecule has 2 heterocycles. The van der Waals surface area contributed by atoms with Crippen LogP contribution in [-0.2, 0) is 13.0 Å². The standard InChI is InChI=1S/C22H24BrN7O2.C2H6/c1-32-17-8-7-15(18(11-17)22(31)28-29-24)12-25-20-10-16(9-14-5-3-2-4-6-14)27-21-19(23)13-26-30(20)21;1-2/h7-8,10-11,13-14,25H,2-6,9,12H2,1H3;1-2H3. The van der Waals surface area contributed by atoms with Gasteiger partial charge in [-0.3, -0.25) is 4.79 Å². The van der Waals surface area contributed by atoms with E-state index in [0.717, 1.165) is 28.1 Å². The quantitative estimate of drug-likeness (QED) is 0.208. The molecule has 0 spiro atoms. The Balaban J connectivity index is 0.00000158. The Labute approximate surface area is 207 Å². The number of nitrogens with one attached hydrogen (secondary N) is 1. The topological polar surface area (TPSA) is 117 Å². The molecular weight excluding hydrogens is 498 g/mol. The number of hydrogen-bond acceptors (Lipinski definition) is 5. The van der Waals surface area contributed by atoms with Crippen molar-refractivity contribution < 1.29 is 9.53 Å². The van der Waals surface area contributed by atoms with Gasteiger partial charge in [-0.25, -0.2) is 4.98 Å². The van der Waals surface area contributed by atoms with Crippen LogP contribution in [0.25, 0.3) is 16.1 Å². The number of methoxy groups -OCH3 is 1. The summed E-state index contributed by atoms with van der Waals surface area (Å²) >= 11 is 3.54. The zero-order valence-corrected chi connectivity index (χ0v) is 21.4. The lowest BCUT2D eigenvalue weighted by molar-refractivity contribution is 0.0999. The second-order valence-corrected chi connectivity index (χ2v) is 8.79. The second kappa shape index (κ2) is 12.4. The Morgan fingerprint density at radius 1 is 1.29 bits per heavy atom. The first kappa shape index (κ1) is 25.5. The summed E-state index contributed by atoms with van der Waals surface area (Å²) in [6.45, 7) is 4.34. The maximum absolute atomic E-state index is 12.3. The van der Waals surface area contributed by atoms with Crippen LogP contribution in [0.1, 0.15) is 67.6 Å². The van der Waals surface area contributed by atoms with Crippen molar-refractivity contribution in [2.75, 3.05) is 12.4 Å². The molecule has 0 aliphatic heterocycles. The van der Waals surface area contributed by atoms with E-state index in [1.165, 1.54) is 39.2 Å². The lowest BCUT2D eigenvalue weighted by Crippen LogP contribution is -2.13. The van der Waals surface area contributed by atoms with Crippen LogP contribution in [0.2, 0.25) is 0 Å². The molecule has 1 aromatic carbocycles. The van der Waals surface area contributed by atoms with Gasteiger partial charge in [-0.05, 0) is 56.6 Å². The van der Waals surface area contributed by atoms with Crippen molar-refractivity contribution in [1.29, 1.82) is 0 Å². The largest absolute Gasteiger partial charge is 0.497 e. The molecule has 9 nitrogen and oxygen atoms in total. The molecule has 2 aromatic heterocycles. The van der Waals surface area contributed by atoms with E-state index in [4.69, 9.17) is 15.3 Å². The van der Waals surface area contributed by atoms with Crippen LogP contribution in [-0.4, -0.2) is 27.6 Å². The average molecular weight is 528 g/mol. The first-order valence-corrected chi connectivity index (χ1v) is 12.4. The van der Waals surface area contributed by atoms with Gasteiger partial charge in [0.1, 0.15) is 11.6 Å². The number of halogens is 1. The fourth-order valence-electron chi connectivity index (χ4n) is 4.22. The lowest BCUT2D eigenvalue weighted by atomic mass is 9.86. The van der Waals surface area contributed by atoms with Gasteiger partial charge in [0.25, 0.3) is 0 Å². The summed E-state index contributed by atoms with van der Waals surface area (Å²) in [6.07, 6.45) is 9.04. The zero-order valence-electron chi connectivity index (χ0n) is 19.8. The number of fused-ring (bicyclic) bond motifs is 1. The number of carbonyl (C=O) groups excluding carboxylic acids is 1. The summed E-state index contributed by atoms with van der Waals surface area (Å²) in [5.74, 6) is 1.30. The van der Waals surface area contributed by atoms with Crippen molar-refractivity contribution in [1.82, 2.24) is 14.6 Å². The molecule has 3 aromatic rings. The van der Waals surface area contributed by atoms with Gasteiger partial charge in [0.15, 0.2) is 5.65 Å². The smallest absolute Gasteiger partial charge is 0.249 e. The summed E-state index contributed by atoms with van der Waals surface area (Å²) in [6, 6.07) is 7.16. The van der Waals surface area contributed by atoms with Crippen LogP contribution in [0.4, 0.5) is 5.82 Å². The number of nitrogens with zero attached hydrogens (tertiary/aromatic N) is 6. The minimum Gasteiger partial charge on any atom is -0.497 e. The number of carbonyl (C=O) groups is 1. The van der Waals surface area contributed by atoms with E-state index in [1.807, 2.05) is 19.9 Å². The van der Waals surface area contributed by atoms with Gasteiger partial charge in [0, 0.05) is 28.8 Å². The van der Waals surface area contributed by atoms with E-state index in [1.54, 1.807) is 28.9 Å². The van der Waals surface area contributed by atoms with E-state index in [2.05, 4.69) is 36.4 Å². The predicted molar refractivity (Wildman–Crippen MR) is 136 cm³/mol. The minimum absolute atomic E-state index is 0.295. The number of benzene rings is 1. The number of azide groups is 1. The third-order valence-electron chi connectivity index (χ3n) is 5.85. The van der Waals surface area contributed by atoms with Crippen LogP contribution in [0.3, 0.4) is 0 Å². The number of aromatic nitrogens is 3. The summed E-state index contributed by atoms with van der Waals surface area (Å²) in [4.78, 5) is 19.7. The Hall–Kier alpha value is -3.10. The van der Waals surface area contributed by atoms with Crippen LogP contribution in [0, 0.1) is 5.92 Å². The van der Waals surface area contributed by atoms with Gasteiger partial charge in [0.2, 0.25) is 5.91 Å². The third-order valence-corrected chi connectivity index (χ3v) is 6.41. The van der Waals surface area contributed by atoms with Crippen molar-refractivity contribution in [2.24, 2.45) is 11.0 Å². The van der Waals surface area contributed by atoms with Crippen LogP contribution in [0.15, 0.2) is 40.0 Å². The predicted octanol–water partition coefficient (Wildman–Crippen LogP) is 6.71. The van der Waals surface area contributed by atoms with Gasteiger partial charge >= 0.3 is 0 Å². The van der Waals surface area contributed by atoms with Gasteiger partial charge in [0.05, 0.1) is 17.8 Å². The summed E-state index contributed by atoms with van der Waals surface area (Å²) in [7, 11) is 1.52. The van der Waals surface area contributed by atoms with E-state index in [0.29, 0.717) is 29.3 Å². The highest BCUT2D eigenvalue weighted by Crippen LogP contribution is 2.29. The van der Waals surface area contributed by atoms with Crippen molar-refractivity contribution >= 4 is 33.3 Å². The number of anilines is 1. The molecule has 10 heteroatoms. The molecule has 0 unspecified atom stereocenters. The zero-order chi connectivity index (χ0) is 24.5. The summed E-state index contributed by atoms with van der Waals surface area (Å²) in [5, 5.41) is 11.0. The Morgan fingerprint density at radius 2 is 2.06 bits per heavy atom. The highest BCUT2D eigenvalue weighted by molar-refractivity contribution is 9.10. The summed E-state index contributed by atoms with van der Waals surface area (Å²) < 4.78 is 7.79. The van der Waals surface area contributed by atoms with Gasteiger partial charge in [-0.2, -0.15) is 9.61 Å². The van der Waals surface area contributed by atoms with Crippen LogP contribution in [0.5, 0.6) is 5.75 Å². The maximum atomic E-state index is 12.3. The first-order chi connectivity index (χ1) is 16.6. The third kappa shape index (κ3) is 6.07. The molecule has 180 valence electrons. The molecule has 0 atom stereocenters. The molecule has 0 radical (unpaired) electrons. The molecule has 0 bridgehead atoms. The molecular formula is C24H30BrN7O2. The highest BCUT2D eigenvalue weighted by atomic mass is 79.9. The molecule has 0 saturated heterocycles. The van der Waals surface area contributed by atoms with Crippen molar-refractivity contribution in [3.8, 4) is 5.75 Å². The lowest BCUT2D eigenvalue weighted by Gasteiger charge is -2.21. The average Bonchev–Trinajstić information content (AvgIpc) is 3.25. The molecule has 1 amide bonds. The Kier molecular flexibility index (Phi) is 9.30. The van der Waals surface area contributed by atoms with Crippen molar-refractivity contribution in [2.45, 2.75) is 58.9 Å². The van der Waals surface area contributed by atoms with E-state index in [9.17, 15) is 4.79 Å². The maximum Gasteiger partial charge on any atom is 0.249 e.